The number of unbranched alkanes of at least 4 members (excludes halogenated alkanes) is 2. The summed E-state index contributed by atoms with van der Waals surface area (Å²) in [5.41, 5.74) is 4.98. The van der Waals surface area contributed by atoms with Gasteiger partial charge in [-0.1, -0.05) is 38.0 Å². The normalized spacial score (nSPS) is 11.7. The van der Waals surface area contributed by atoms with Crippen molar-refractivity contribution in [1.29, 1.82) is 0 Å². The highest BCUT2D eigenvalue weighted by atomic mass is 16.5. The van der Waals surface area contributed by atoms with E-state index in [1.165, 1.54) is 5.56 Å². The molecule has 1 atom stereocenters. The number of amides is 2. The molecular weight excluding hydrogens is 484 g/mol. The fourth-order valence-corrected chi connectivity index (χ4v) is 3.96. The lowest BCUT2D eigenvalue weighted by Gasteiger charge is -2.24. The molecule has 2 aromatic carbocycles. The van der Waals surface area contributed by atoms with Gasteiger partial charge in [-0.2, -0.15) is 0 Å². The van der Waals surface area contributed by atoms with Gasteiger partial charge in [0.25, 0.3) is 0 Å². The zero-order chi connectivity index (χ0) is 27.9. The quantitative estimate of drug-likeness (QED) is 0.253. The summed E-state index contributed by atoms with van der Waals surface area (Å²) in [7, 11) is 0. The second kappa shape index (κ2) is 16.7. The van der Waals surface area contributed by atoms with Crippen molar-refractivity contribution in [2.75, 3.05) is 44.8 Å². The van der Waals surface area contributed by atoms with Gasteiger partial charge in [0.15, 0.2) is 6.10 Å². The number of aryl methyl sites for hydroxylation is 3. The third kappa shape index (κ3) is 10.7. The lowest BCUT2D eigenvalue weighted by Crippen LogP contribution is -2.40. The van der Waals surface area contributed by atoms with Crippen molar-refractivity contribution in [3.63, 3.8) is 0 Å². The van der Waals surface area contributed by atoms with E-state index in [1.54, 1.807) is 24.0 Å². The molecule has 0 aliphatic heterocycles. The summed E-state index contributed by atoms with van der Waals surface area (Å²) in [6.45, 7) is 12.7. The fourth-order valence-electron chi connectivity index (χ4n) is 3.96. The molecule has 0 saturated carbocycles. The number of urea groups is 1. The highest BCUT2D eigenvalue weighted by Gasteiger charge is 2.18. The van der Waals surface area contributed by atoms with Crippen LogP contribution in [0, 0.1) is 20.8 Å². The van der Waals surface area contributed by atoms with Crippen molar-refractivity contribution in [1.82, 2.24) is 4.90 Å². The van der Waals surface area contributed by atoms with Gasteiger partial charge in [0, 0.05) is 31.9 Å². The molecule has 8 nitrogen and oxygen atoms in total. The van der Waals surface area contributed by atoms with Crippen LogP contribution < -0.4 is 10.1 Å². The average Bonchev–Trinajstić information content (AvgIpc) is 2.88. The summed E-state index contributed by atoms with van der Waals surface area (Å²) in [5.74, 6) is -0.325. The van der Waals surface area contributed by atoms with Crippen molar-refractivity contribution in [3.05, 3.63) is 58.7 Å². The first-order valence-electron chi connectivity index (χ1n) is 13.5. The number of hydrogen-bond acceptors (Lipinski definition) is 5. The molecule has 38 heavy (non-hydrogen) atoms. The van der Waals surface area contributed by atoms with Gasteiger partial charge in [0.05, 0.1) is 13.2 Å². The Morgan fingerprint density at radius 2 is 1.61 bits per heavy atom. The number of benzene rings is 2. The highest BCUT2D eigenvalue weighted by Crippen LogP contribution is 2.20. The number of ether oxygens (including phenoxy) is 3. The minimum Gasteiger partial charge on any atom is -0.492 e. The minimum absolute atomic E-state index is 0.192. The topological polar surface area (TPSA) is 97.3 Å². The molecule has 0 aliphatic rings. The van der Waals surface area contributed by atoms with Crippen LogP contribution in [-0.2, 0) is 20.7 Å². The number of hydrogen-bond donors (Lipinski definition) is 2. The highest BCUT2D eigenvalue weighted by molar-refractivity contribution is 5.90. The molecule has 0 bridgehead atoms. The van der Waals surface area contributed by atoms with Gasteiger partial charge >= 0.3 is 12.0 Å². The van der Waals surface area contributed by atoms with Gasteiger partial charge in [-0.25, -0.2) is 9.59 Å². The number of nitrogens with zero attached hydrogens (tertiary/aromatic N) is 1. The molecule has 1 unspecified atom stereocenters. The first kappa shape index (κ1) is 31.1. The maximum Gasteiger partial charge on any atom is 0.333 e. The first-order valence-corrected chi connectivity index (χ1v) is 13.5. The molecule has 0 radical (unpaired) electrons. The fraction of sp³-hybridized carbons (Fsp3) is 0.533. The van der Waals surface area contributed by atoms with Gasteiger partial charge < -0.3 is 29.5 Å². The third-order valence-corrected chi connectivity index (χ3v) is 6.38. The van der Waals surface area contributed by atoms with E-state index >= 15 is 0 Å². The summed E-state index contributed by atoms with van der Waals surface area (Å²) < 4.78 is 16.9. The van der Waals surface area contributed by atoms with Gasteiger partial charge in [0.2, 0.25) is 0 Å². The van der Waals surface area contributed by atoms with E-state index in [1.807, 2.05) is 32.0 Å². The van der Waals surface area contributed by atoms with Crippen molar-refractivity contribution in [3.8, 4) is 5.75 Å². The summed E-state index contributed by atoms with van der Waals surface area (Å²) in [5, 5.41) is 12.3. The van der Waals surface area contributed by atoms with Gasteiger partial charge in [-0.15, -0.1) is 0 Å². The third-order valence-electron chi connectivity index (χ3n) is 6.38. The van der Waals surface area contributed by atoms with Crippen LogP contribution in [0.4, 0.5) is 10.5 Å². The van der Waals surface area contributed by atoms with Crippen molar-refractivity contribution >= 4 is 17.7 Å². The van der Waals surface area contributed by atoms with Gasteiger partial charge in [0.1, 0.15) is 12.4 Å². The summed E-state index contributed by atoms with van der Waals surface area (Å²) in [6, 6.07) is 11.2. The molecule has 2 rings (SSSR count). The van der Waals surface area contributed by atoms with Crippen molar-refractivity contribution < 1.29 is 28.9 Å². The van der Waals surface area contributed by atoms with Crippen LogP contribution in [-0.4, -0.2) is 67.6 Å². The number of carboxylic acid groups (broad SMARTS) is 1. The number of carbonyl (C=O) groups excluding carboxylic acids is 1. The molecule has 2 aromatic rings. The van der Waals surface area contributed by atoms with E-state index in [4.69, 9.17) is 14.2 Å². The summed E-state index contributed by atoms with van der Waals surface area (Å²) >= 11 is 0. The van der Waals surface area contributed by atoms with Crippen LogP contribution in [0.1, 0.15) is 55.4 Å². The van der Waals surface area contributed by atoms with Crippen LogP contribution in [0.15, 0.2) is 36.4 Å². The second-order valence-corrected chi connectivity index (χ2v) is 9.47. The maximum absolute atomic E-state index is 13.2. The number of nitrogens with one attached hydrogen (secondary N) is 1. The van der Waals surface area contributed by atoms with Crippen LogP contribution in [0.25, 0.3) is 0 Å². The second-order valence-electron chi connectivity index (χ2n) is 9.47. The average molecular weight is 529 g/mol. The molecule has 8 heteroatoms. The summed E-state index contributed by atoms with van der Waals surface area (Å²) in [6.07, 6.45) is 2.70. The SMILES string of the molecule is CCCCCOCCN(CCOc1ccc(CC(OCC)C(=O)O)cc1)C(=O)Nc1cc(C)c(C)cc1C. The molecule has 2 N–H and O–H groups in total. The number of aliphatic carboxylic acids is 1. The monoisotopic (exact) mass is 528 g/mol. The van der Waals surface area contributed by atoms with E-state index in [-0.39, 0.29) is 12.5 Å². The Bertz CT molecular complexity index is 1010. The standard InChI is InChI=1S/C30H44N2O6/c1-6-8-9-16-36-17-14-32(30(35)31-27-20-23(4)22(3)19-24(27)5)15-18-38-26-12-10-25(11-13-26)21-28(29(33)34)37-7-2/h10-13,19-20,28H,6-9,14-18,21H2,1-5H3,(H,31,35)(H,33,34). The zero-order valence-electron chi connectivity index (χ0n) is 23.5. The zero-order valence-corrected chi connectivity index (χ0v) is 23.5. The van der Waals surface area contributed by atoms with Crippen LogP contribution in [0.3, 0.4) is 0 Å². The summed E-state index contributed by atoms with van der Waals surface area (Å²) in [4.78, 5) is 26.2. The Balaban J connectivity index is 1.96. The molecule has 0 aromatic heterocycles. The van der Waals surface area contributed by atoms with Gasteiger partial charge in [-0.3, -0.25) is 0 Å². The Hall–Kier alpha value is -3.10. The predicted octanol–water partition coefficient (Wildman–Crippen LogP) is 5.76. The largest absolute Gasteiger partial charge is 0.492 e. The van der Waals surface area contributed by atoms with Crippen molar-refractivity contribution in [2.24, 2.45) is 0 Å². The first-order chi connectivity index (χ1) is 18.2. The number of carboxylic acids is 1. The van der Waals surface area contributed by atoms with E-state index in [2.05, 4.69) is 25.2 Å². The van der Waals surface area contributed by atoms with E-state index in [9.17, 15) is 14.7 Å². The van der Waals surface area contributed by atoms with E-state index in [0.717, 1.165) is 41.6 Å². The van der Waals surface area contributed by atoms with Gasteiger partial charge in [-0.05, 0) is 74.6 Å². The Morgan fingerprint density at radius 3 is 2.26 bits per heavy atom. The number of rotatable bonds is 17. The molecule has 0 aliphatic carbocycles. The number of carbonyl (C=O) groups is 2. The minimum atomic E-state index is -0.976. The molecule has 0 spiro atoms. The van der Waals surface area contributed by atoms with E-state index < -0.39 is 12.1 Å². The van der Waals surface area contributed by atoms with Crippen LogP contribution >= 0.6 is 0 Å². The molecule has 0 fully saturated rings. The van der Waals surface area contributed by atoms with E-state index in [0.29, 0.717) is 45.3 Å². The molecular formula is C30H44N2O6. The Labute approximate surface area is 227 Å². The molecule has 210 valence electrons. The lowest BCUT2D eigenvalue weighted by atomic mass is 10.1. The maximum atomic E-state index is 13.2. The smallest absolute Gasteiger partial charge is 0.333 e. The Kier molecular flexibility index (Phi) is 13.7. The molecule has 0 heterocycles. The molecule has 2 amide bonds. The van der Waals surface area contributed by atoms with Crippen LogP contribution in [0.5, 0.6) is 5.75 Å². The molecule has 0 saturated heterocycles. The lowest BCUT2D eigenvalue weighted by molar-refractivity contribution is -0.149. The Morgan fingerprint density at radius 1 is 0.921 bits per heavy atom. The predicted molar refractivity (Wildman–Crippen MR) is 150 cm³/mol. The van der Waals surface area contributed by atoms with Crippen LogP contribution in [0.2, 0.25) is 0 Å². The number of anilines is 1. The van der Waals surface area contributed by atoms with Crippen molar-refractivity contribution in [2.45, 2.75) is 66.4 Å².